The highest BCUT2D eigenvalue weighted by Crippen LogP contribution is 2.42. The maximum atomic E-state index is 6.58. The number of hydrogen-bond donors (Lipinski definition) is 0. The maximum Gasteiger partial charge on any atom is 0.127 e. The summed E-state index contributed by atoms with van der Waals surface area (Å²) < 4.78 is 5.68. The van der Waals surface area contributed by atoms with Gasteiger partial charge in [-0.15, -0.1) is 11.6 Å². The first-order valence-electron chi connectivity index (χ1n) is 6.10. The van der Waals surface area contributed by atoms with E-state index in [9.17, 15) is 0 Å². The van der Waals surface area contributed by atoms with E-state index in [-0.39, 0.29) is 0 Å². The van der Waals surface area contributed by atoms with E-state index in [4.69, 9.17) is 51.1 Å². The molecule has 0 aromatic heterocycles. The van der Waals surface area contributed by atoms with E-state index in [1.165, 1.54) is 0 Å². The lowest BCUT2D eigenvalue weighted by Gasteiger charge is -2.15. The third kappa shape index (κ3) is 2.73. The molecule has 2 aromatic carbocycles. The quantitative estimate of drug-likeness (QED) is 0.613. The van der Waals surface area contributed by atoms with Gasteiger partial charge in [-0.2, -0.15) is 0 Å². The van der Waals surface area contributed by atoms with Gasteiger partial charge in [0, 0.05) is 27.1 Å². The second-order valence-corrected chi connectivity index (χ2v) is 6.39. The molecular weight excluding hydrogens is 338 g/mol. The molecule has 0 N–H and O–H groups in total. The SMILES string of the molecule is Clc1cc(Cl)cc(C(Cl)c2cc(Cl)cc3c2OCC3)c1. The molecule has 104 valence electrons. The zero-order valence-electron chi connectivity index (χ0n) is 10.3. The molecule has 1 atom stereocenters. The number of hydrogen-bond acceptors (Lipinski definition) is 1. The Kier molecular flexibility index (Phi) is 4.05. The van der Waals surface area contributed by atoms with Crippen molar-refractivity contribution in [2.75, 3.05) is 6.61 Å². The zero-order valence-corrected chi connectivity index (χ0v) is 13.3. The summed E-state index contributed by atoms with van der Waals surface area (Å²) >= 11 is 24.8. The van der Waals surface area contributed by atoms with E-state index in [2.05, 4.69) is 0 Å². The van der Waals surface area contributed by atoms with Crippen LogP contribution in [0.3, 0.4) is 0 Å². The van der Waals surface area contributed by atoms with Crippen molar-refractivity contribution in [2.24, 2.45) is 0 Å². The van der Waals surface area contributed by atoms with Gasteiger partial charge in [-0.3, -0.25) is 0 Å². The highest BCUT2D eigenvalue weighted by Gasteiger charge is 2.23. The molecule has 0 fully saturated rings. The summed E-state index contributed by atoms with van der Waals surface area (Å²) in [6, 6.07) is 9.02. The maximum absolute atomic E-state index is 6.58. The van der Waals surface area contributed by atoms with E-state index >= 15 is 0 Å². The second-order valence-electron chi connectivity index (χ2n) is 4.65. The second kappa shape index (κ2) is 5.65. The third-order valence-corrected chi connectivity index (χ3v) is 4.37. The lowest BCUT2D eigenvalue weighted by molar-refractivity contribution is 0.353. The van der Waals surface area contributed by atoms with E-state index in [1.54, 1.807) is 18.2 Å². The molecule has 0 amide bonds. The molecule has 0 saturated carbocycles. The van der Waals surface area contributed by atoms with Gasteiger partial charge >= 0.3 is 0 Å². The third-order valence-electron chi connectivity index (χ3n) is 3.23. The van der Waals surface area contributed by atoms with Gasteiger partial charge in [0.15, 0.2) is 0 Å². The molecule has 0 radical (unpaired) electrons. The Hall–Kier alpha value is -0.600. The van der Waals surface area contributed by atoms with Crippen LogP contribution >= 0.6 is 46.4 Å². The van der Waals surface area contributed by atoms with Crippen LogP contribution in [-0.2, 0) is 6.42 Å². The van der Waals surface area contributed by atoms with Gasteiger partial charge in [0.1, 0.15) is 5.75 Å². The highest BCUT2D eigenvalue weighted by molar-refractivity contribution is 6.35. The van der Waals surface area contributed by atoms with Crippen molar-refractivity contribution >= 4 is 46.4 Å². The summed E-state index contributed by atoms with van der Waals surface area (Å²) in [5, 5.41) is 1.36. The van der Waals surface area contributed by atoms with Gasteiger partial charge in [-0.25, -0.2) is 0 Å². The summed E-state index contributed by atoms with van der Waals surface area (Å²) in [4.78, 5) is 0. The van der Waals surface area contributed by atoms with E-state index in [0.717, 1.165) is 28.9 Å². The minimum atomic E-state index is -0.406. The fraction of sp³-hybridized carbons (Fsp3) is 0.200. The van der Waals surface area contributed by atoms with Gasteiger partial charge < -0.3 is 4.74 Å². The van der Waals surface area contributed by atoms with E-state index in [0.29, 0.717) is 21.7 Å². The summed E-state index contributed by atoms with van der Waals surface area (Å²) in [6.07, 6.45) is 0.850. The monoisotopic (exact) mass is 346 g/mol. The zero-order chi connectivity index (χ0) is 14.3. The number of halogens is 4. The molecular formula is C15H10Cl4O. The van der Waals surface area contributed by atoms with Crippen molar-refractivity contribution in [3.05, 3.63) is 62.1 Å². The summed E-state index contributed by atoms with van der Waals surface area (Å²) in [5.74, 6) is 0.825. The van der Waals surface area contributed by atoms with Crippen LogP contribution < -0.4 is 4.74 Å². The molecule has 0 spiro atoms. The Balaban J connectivity index is 2.08. The van der Waals surface area contributed by atoms with Gasteiger partial charge in [-0.05, 0) is 41.5 Å². The Morgan fingerprint density at radius 2 is 1.55 bits per heavy atom. The number of benzene rings is 2. The van der Waals surface area contributed by atoms with Crippen LogP contribution in [0, 0.1) is 0 Å². The van der Waals surface area contributed by atoms with Crippen molar-refractivity contribution in [3.8, 4) is 5.75 Å². The van der Waals surface area contributed by atoms with Crippen molar-refractivity contribution in [1.29, 1.82) is 0 Å². The average molecular weight is 348 g/mol. The lowest BCUT2D eigenvalue weighted by Crippen LogP contribution is -1.98. The van der Waals surface area contributed by atoms with Crippen LogP contribution in [0.15, 0.2) is 30.3 Å². The first-order chi connectivity index (χ1) is 9.54. The van der Waals surface area contributed by atoms with Crippen LogP contribution in [0.2, 0.25) is 15.1 Å². The minimum absolute atomic E-state index is 0.406. The smallest absolute Gasteiger partial charge is 0.127 e. The molecule has 1 unspecified atom stereocenters. The van der Waals surface area contributed by atoms with Gasteiger partial charge in [0.25, 0.3) is 0 Å². The van der Waals surface area contributed by atoms with Gasteiger partial charge in [-0.1, -0.05) is 34.8 Å². The normalized spacial score (nSPS) is 14.8. The fourth-order valence-corrected chi connectivity index (χ4v) is 3.47. The van der Waals surface area contributed by atoms with E-state index < -0.39 is 5.38 Å². The highest BCUT2D eigenvalue weighted by atomic mass is 35.5. The molecule has 3 rings (SSSR count). The van der Waals surface area contributed by atoms with Crippen molar-refractivity contribution < 1.29 is 4.74 Å². The molecule has 0 aliphatic carbocycles. The van der Waals surface area contributed by atoms with Crippen LogP contribution in [0.1, 0.15) is 22.1 Å². The Labute approximate surface area is 137 Å². The summed E-state index contributed by atoms with van der Waals surface area (Å²) in [7, 11) is 0. The predicted octanol–water partition coefficient (Wildman–Crippen LogP) is 5.91. The topological polar surface area (TPSA) is 9.23 Å². The molecule has 2 aromatic rings. The molecule has 1 nitrogen and oxygen atoms in total. The standard InChI is InChI=1S/C15H10Cl4O/c16-10-4-9(5-11(17)6-10)14(19)13-7-12(18)3-8-1-2-20-15(8)13/h3-7,14H,1-2H2. The van der Waals surface area contributed by atoms with Crippen LogP contribution in [0.4, 0.5) is 0 Å². The summed E-state index contributed by atoms with van der Waals surface area (Å²) in [5.41, 5.74) is 2.76. The van der Waals surface area contributed by atoms with Crippen LogP contribution in [-0.4, -0.2) is 6.61 Å². The van der Waals surface area contributed by atoms with Crippen LogP contribution in [0.5, 0.6) is 5.75 Å². The number of ether oxygens (including phenoxy) is 1. The largest absolute Gasteiger partial charge is 0.493 e. The molecule has 1 heterocycles. The molecule has 0 bridgehead atoms. The molecule has 20 heavy (non-hydrogen) atoms. The first kappa shape index (κ1) is 14.3. The predicted molar refractivity (Wildman–Crippen MR) is 84.8 cm³/mol. The molecule has 5 heteroatoms. The number of rotatable bonds is 2. The lowest BCUT2D eigenvalue weighted by atomic mass is 10.0. The summed E-state index contributed by atoms with van der Waals surface area (Å²) in [6.45, 7) is 0.655. The first-order valence-corrected chi connectivity index (χ1v) is 7.67. The van der Waals surface area contributed by atoms with E-state index in [1.807, 2.05) is 12.1 Å². The fourth-order valence-electron chi connectivity index (χ4n) is 2.39. The molecule has 1 aliphatic rings. The average Bonchev–Trinajstić information content (AvgIpc) is 2.83. The number of alkyl halides is 1. The van der Waals surface area contributed by atoms with Crippen molar-refractivity contribution in [1.82, 2.24) is 0 Å². The molecule has 0 saturated heterocycles. The Morgan fingerprint density at radius 1 is 0.900 bits per heavy atom. The Bertz CT molecular complexity index is 649. The minimum Gasteiger partial charge on any atom is -0.493 e. The molecule has 1 aliphatic heterocycles. The van der Waals surface area contributed by atoms with Gasteiger partial charge in [0.2, 0.25) is 0 Å². The van der Waals surface area contributed by atoms with Crippen LogP contribution in [0.25, 0.3) is 0 Å². The van der Waals surface area contributed by atoms with Crippen molar-refractivity contribution in [2.45, 2.75) is 11.8 Å². The number of fused-ring (bicyclic) bond motifs is 1. The Morgan fingerprint density at radius 3 is 2.25 bits per heavy atom. The van der Waals surface area contributed by atoms with Crippen molar-refractivity contribution in [3.63, 3.8) is 0 Å². The van der Waals surface area contributed by atoms with Gasteiger partial charge in [0.05, 0.1) is 12.0 Å².